The van der Waals surface area contributed by atoms with E-state index >= 15 is 0 Å². The van der Waals surface area contributed by atoms with Crippen molar-refractivity contribution in [1.29, 1.82) is 0 Å². The number of carbonyl (C=O) groups is 1. The van der Waals surface area contributed by atoms with Crippen molar-refractivity contribution in [2.75, 3.05) is 33.3 Å². The first-order valence-corrected chi connectivity index (χ1v) is 9.75. The molecule has 0 aliphatic carbocycles. The lowest BCUT2D eigenvalue weighted by Crippen LogP contribution is -2.47. The molecule has 2 aromatic rings. The Morgan fingerprint density at radius 1 is 1.32 bits per heavy atom. The summed E-state index contributed by atoms with van der Waals surface area (Å²) in [6.07, 6.45) is 4.53. The number of hydrogen-bond donors (Lipinski definition) is 1. The van der Waals surface area contributed by atoms with Crippen LogP contribution in [0.3, 0.4) is 0 Å². The minimum atomic E-state index is -0.0624. The predicted molar refractivity (Wildman–Crippen MR) is 122 cm³/mol. The molecule has 154 valence electrons. The first-order valence-electron chi connectivity index (χ1n) is 9.75. The first kappa shape index (κ1) is 22.4. The average molecular weight is 499 g/mol. The zero-order valence-corrected chi connectivity index (χ0v) is 19.0. The van der Waals surface area contributed by atoms with Crippen LogP contribution in [0.1, 0.15) is 26.2 Å². The molecule has 1 fully saturated rings. The molecule has 0 saturated carbocycles. The summed E-state index contributed by atoms with van der Waals surface area (Å²) in [4.78, 5) is 22.9. The number of carbonyl (C=O) groups excluding carboxylic acids is 1. The quantitative estimate of drug-likeness (QED) is 0.218. The van der Waals surface area contributed by atoms with E-state index in [1.807, 2.05) is 38.5 Å². The maximum atomic E-state index is 11.9. The van der Waals surface area contributed by atoms with Gasteiger partial charge in [0.1, 0.15) is 0 Å². The van der Waals surface area contributed by atoms with Crippen molar-refractivity contribution in [3.63, 3.8) is 0 Å². The summed E-state index contributed by atoms with van der Waals surface area (Å²) < 4.78 is 7.32. The SMILES string of the molecule is CCOC(=O)C1CCN(C(=NC)NCCCn2cnc3ccccc32)CC1.I. The lowest BCUT2D eigenvalue weighted by molar-refractivity contribution is -0.149. The van der Waals surface area contributed by atoms with Crippen molar-refractivity contribution in [1.82, 2.24) is 19.8 Å². The number of rotatable bonds is 6. The second-order valence-electron chi connectivity index (χ2n) is 6.77. The summed E-state index contributed by atoms with van der Waals surface area (Å²) in [6.45, 7) is 5.72. The van der Waals surface area contributed by atoms with E-state index in [0.717, 1.165) is 56.9 Å². The number of hydrogen-bond acceptors (Lipinski definition) is 4. The maximum Gasteiger partial charge on any atom is 0.309 e. The Labute approximate surface area is 183 Å². The van der Waals surface area contributed by atoms with Gasteiger partial charge in [-0.25, -0.2) is 4.98 Å². The van der Waals surface area contributed by atoms with Gasteiger partial charge in [-0.1, -0.05) is 12.1 Å². The van der Waals surface area contributed by atoms with Crippen LogP contribution < -0.4 is 5.32 Å². The minimum absolute atomic E-state index is 0. The highest BCUT2D eigenvalue weighted by molar-refractivity contribution is 14.0. The summed E-state index contributed by atoms with van der Waals surface area (Å²) in [5.74, 6) is 0.870. The molecule has 1 saturated heterocycles. The third-order valence-electron chi connectivity index (χ3n) is 5.01. The van der Waals surface area contributed by atoms with Gasteiger partial charge in [0.25, 0.3) is 0 Å². The first-order chi connectivity index (χ1) is 13.2. The van der Waals surface area contributed by atoms with Crippen LogP contribution in [0, 0.1) is 5.92 Å². The Morgan fingerprint density at radius 2 is 2.07 bits per heavy atom. The summed E-state index contributed by atoms with van der Waals surface area (Å²) in [5.41, 5.74) is 2.20. The number of benzene rings is 1. The number of piperidine rings is 1. The van der Waals surface area contributed by atoms with Crippen molar-refractivity contribution >= 4 is 46.9 Å². The van der Waals surface area contributed by atoms with Crippen molar-refractivity contribution in [2.24, 2.45) is 10.9 Å². The van der Waals surface area contributed by atoms with Crippen molar-refractivity contribution < 1.29 is 9.53 Å². The van der Waals surface area contributed by atoms with Crippen LogP contribution in [0.15, 0.2) is 35.6 Å². The monoisotopic (exact) mass is 499 g/mol. The van der Waals surface area contributed by atoms with Gasteiger partial charge in [0.05, 0.1) is 29.9 Å². The van der Waals surface area contributed by atoms with Gasteiger partial charge in [-0.05, 0) is 38.3 Å². The molecule has 0 radical (unpaired) electrons. The number of likely N-dealkylation sites (tertiary alicyclic amines) is 1. The number of halogens is 1. The van der Waals surface area contributed by atoms with Gasteiger partial charge in [-0.2, -0.15) is 0 Å². The van der Waals surface area contributed by atoms with E-state index in [-0.39, 0.29) is 35.9 Å². The Morgan fingerprint density at radius 3 is 2.79 bits per heavy atom. The van der Waals surface area contributed by atoms with E-state index in [1.54, 1.807) is 0 Å². The van der Waals surface area contributed by atoms with Crippen LogP contribution >= 0.6 is 24.0 Å². The van der Waals surface area contributed by atoms with Crippen molar-refractivity contribution in [3.05, 3.63) is 30.6 Å². The van der Waals surface area contributed by atoms with Gasteiger partial charge >= 0.3 is 5.97 Å². The molecule has 3 rings (SSSR count). The number of para-hydroxylation sites is 2. The topological polar surface area (TPSA) is 71.8 Å². The normalized spacial score (nSPS) is 15.4. The number of aryl methyl sites for hydroxylation is 1. The second-order valence-corrected chi connectivity index (χ2v) is 6.77. The van der Waals surface area contributed by atoms with Gasteiger partial charge in [0, 0.05) is 33.2 Å². The molecule has 0 spiro atoms. The van der Waals surface area contributed by atoms with E-state index in [0.29, 0.717) is 6.61 Å². The number of aliphatic imine (C=N–C) groups is 1. The highest BCUT2D eigenvalue weighted by Crippen LogP contribution is 2.18. The highest BCUT2D eigenvalue weighted by atomic mass is 127. The fourth-order valence-corrected chi connectivity index (χ4v) is 3.56. The molecule has 1 aliphatic heterocycles. The molecule has 0 unspecified atom stereocenters. The molecule has 1 N–H and O–H groups in total. The molecular weight excluding hydrogens is 469 g/mol. The Balaban J connectivity index is 0.00000280. The van der Waals surface area contributed by atoms with E-state index in [1.165, 1.54) is 5.52 Å². The summed E-state index contributed by atoms with van der Waals surface area (Å²) >= 11 is 0. The van der Waals surface area contributed by atoms with E-state index < -0.39 is 0 Å². The zero-order chi connectivity index (χ0) is 19.1. The summed E-state index contributed by atoms with van der Waals surface area (Å²) in [5, 5.41) is 3.44. The Bertz CT molecular complexity index is 784. The van der Waals surface area contributed by atoms with Crippen LogP contribution in [-0.2, 0) is 16.1 Å². The van der Waals surface area contributed by atoms with Gasteiger partial charge in [-0.3, -0.25) is 9.79 Å². The molecule has 28 heavy (non-hydrogen) atoms. The van der Waals surface area contributed by atoms with Gasteiger partial charge < -0.3 is 19.5 Å². The molecule has 0 amide bonds. The number of esters is 1. The fourth-order valence-electron chi connectivity index (χ4n) is 3.56. The smallest absolute Gasteiger partial charge is 0.309 e. The third kappa shape index (κ3) is 5.59. The molecule has 8 heteroatoms. The standard InChI is InChI=1S/C20H29N5O2.HI/c1-3-27-19(26)16-9-13-24(14-10-16)20(21-2)22-11-6-12-25-15-23-17-7-4-5-8-18(17)25;/h4-5,7-8,15-16H,3,6,9-14H2,1-2H3,(H,21,22);1H. The molecule has 2 heterocycles. The summed E-state index contributed by atoms with van der Waals surface area (Å²) in [6, 6.07) is 8.19. The third-order valence-corrected chi connectivity index (χ3v) is 5.01. The van der Waals surface area contributed by atoms with E-state index in [4.69, 9.17) is 4.74 Å². The molecule has 0 bridgehead atoms. The molecule has 7 nitrogen and oxygen atoms in total. The van der Waals surface area contributed by atoms with Crippen LogP contribution in [0.2, 0.25) is 0 Å². The largest absolute Gasteiger partial charge is 0.466 e. The number of imidazole rings is 1. The van der Waals surface area contributed by atoms with E-state index in [2.05, 4.69) is 30.8 Å². The number of aromatic nitrogens is 2. The molecule has 1 aromatic heterocycles. The predicted octanol–water partition coefficient (Wildman–Crippen LogP) is 2.89. The molecular formula is C20H30IN5O2. The lowest BCUT2D eigenvalue weighted by atomic mass is 9.97. The van der Waals surface area contributed by atoms with Crippen molar-refractivity contribution in [2.45, 2.75) is 32.7 Å². The van der Waals surface area contributed by atoms with Crippen molar-refractivity contribution in [3.8, 4) is 0 Å². The maximum absolute atomic E-state index is 11.9. The number of guanidine groups is 1. The summed E-state index contributed by atoms with van der Waals surface area (Å²) in [7, 11) is 1.81. The number of nitrogens with one attached hydrogen (secondary N) is 1. The van der Waals surface area contributed by atoms with Crippen LogP contribution in [0.4, 0.5) is 0 Å². The van der Waals surface area contributed by atoms with E-state index in [9.17, 15) is 4.79 Å². The number of ether oxygens (including phenoxy) is 1. The highest BCUT2D eigenvalue weighted by Gasteiger charge is 2.27. The lowest BCUT2D eigenvalue weighted by Gasteiger charge is -2.33. The molecule has 1 aromatic carbocycles. The van der Waals surface area contributed by atoms with Gasteiger partial charge in [0.15, 0.2) is 5.96 Å². The zero-order valence-electron chi connectivity index (χ0n) is 16.6. The number of fused-ring (bicyclic) bond motifs is 1. The van der Waals surface area contributed by atoms with Crippen LogP contribution in [0.5, 0.6) is 0 Å². The minimum Gasteiger partial charge on any atom is -0.466 e. The Kier molecular flexibility index (Phi) is 9.01. The average Bonchev–Trinajstić information content (AvgIpc) is 3.12. The van der Waals surface area contributed by atoms with Gasteiger partial charge in [0.2, 0.25) is 0 Å². The second kappa shape index (κ2) is 11.2. The van der Waals surface area contributed by atoms with Crippen LogP contribution in [0.25, 0.3) is 11.0 Å². The Hall–Kier alpha value is -1.84. The van der Waals surface area contributed by atoms with Crippen LogP contribution in [-0.4, -0.2) is 59.7 Å². The van der Waals surface area contributed by atoms with Gasteiger partial charge in [-0.15, -0.1) is 24.0 Å². The fraction of sp³-hybridized carbons (Fsp3) is 0.550. The molecule has 0 atom stereocenters. The number of nitrogens with zero attached hydrogens (tertiary/aromatic N) is 4. The molecule has 1 aliphatic rings.